The van der Waals surface area contributed by atoms with Crippen molar-refractivity contribution in [2.75, 3.05) is 62.3 Å². The molecule has 9 heteroatoms. The van der Waals surface area contributed by atoms with Crippen molar-refractivity contribution >= 4 is 28.6 Å². The number of rotatable bonds is 3. The van der Waals surface area contributed by atoms with Crippen LogP contribution in [0.3, 0.4) is 0 Å². The number of para-hydroxylation sites is 2. The van der Waals surface area contributed by atoms with Gasteiger partial charge in [0.2, 0.25) is 0 Å². The van der Waals surface area contributed by atoms with Gasteiger partial charge >= 0.3 is 0 Å². The van der Waals surface area contributed by atoms with Crippen LogP contribution in [-0.2, 0) is 4.74 Å². The number of carbonyl (C=O) groups is 1. The second-order valence-electron chi connectivity index (χ2n) is 7.37. The first kappa shape index (κ1) is 18.7. The van der Waals surface area contributed by atoms with Crippen LogP contribution in [0.2, 0.25) is 0 Å². The molecular weight excluding hydrogens is 382 g/mol. The summed E-state index contributed by atoms with van der Waals surface area (Å²) in [5.41, 5.74) is 1.91. The SMILES string of the molecule is O=C(c1cnc2ccccc2n1)N1CCN(c2ccc(N3CCOCC3)nn2)CC1. The molecule has 0 spiro atoms. The number of hydrogen-bond donors (Lipinski definition) is 0. The molecule has 2 saturated heterocycles. The van der Waals surface area contributed by atoms with Crippen molar-refractivity contribution in [2.24, 2.45) is 0 Å². The van der Waals surface area contributed by atoms with Crippen molar-refractivity contribution in [1.29, 1.82) is 0 Å². The molecule has 3 aromatic rings. The highest BCUT2D eigenvalue weighted by molar-refractivity contribution is 5.94. The molecule has 1 aromatic carbocycles. The molecule has 0 unspecified atom stereocenters. The van der Waals surface area contributed by atoms with Crippen LogP contribution in [0.5, 0.6) is 0 Å². The number of piperazine rings is 1. The van der Waals surface area contributed by atoms with Gasteiger partial charge in [0.05, 0.1) is 30.4 Å². The van der Waals surface area contributed by atoms with E-state index in [4.69, 9.17) is 4.74 Å². The molecule has 0 radical (unpaired) electrons. The third-order valence-electron chi connectivity index (χ3n) is 5.53. The predicted molar refractivity (Wildman–Crippen MR) is 113 cm³/mol. The van der Waals surface area contributed by atoms with Gasteiger partial charge < -0.3 is 19.4 Å². The van der Waals surface area contributed by atoms with Gasteiger partial charge in [-0.3, -0.25) is 9.78 Å². The molecule has 0 saturated carbocycles. The van der Waals surface area contributed by atoms with Crippen molar-refractivity contribution in [3.8, 4) is 0 Å². The normalized spacial score (nSPS) is 17.4. The quantitative estimate of drug-likeness (QED) is 0.643. The summed E-state index contributed by atoms with van der Waals surface area (Å²) in [4.78, 5) is 27.9. The number of fused-ring (bicyclic) bond motifs is 1. The van der Waals surface area contributed by atoms with Crippen molar-refractivity contribution in [1.82, 2.24) is 25.1 Å². The maximum absolute atomic E-state index is 12.9. The van der Waals surface area contributed by atoms with Crippen molar-refractivity contribution in [3.05, 3.63) is 48.3 Å². The number of carbonyl (C=O) groups excluding carboxylic acids is 1. The zero-order chi connectivity index (χ0) is 20.3. The molecule has 9 nitrogen and oxygen atoms in total. The molecule has 0 atom stereocenters. The zero-order valence-corrected chi connectivity index (χ0v) is 16.6. The summed E-state index contributed by atoms with van der Waals surface area (Å²) < 4.78 is 5.38. The molecule has 2 aliphatic heterocycles. The number of ether oxygens (including phenoxy) is 1. The Labute approximate surface area is 174 Å². The van der Waals surface area contributed by atoms with E-state index in [-0.39, 0.29) is 5.91 Å². The second kappa shape index (κ2) is 8.19. The Balaban J connectivity index is 1.21. The average Bonchev–Trinajstić information content (AvgIpc) is 2.84. The first-order valence-corrected chi connectivity index (χ1v) is 10.2. The Kier molecular flexibility index (Phi) is 5.10. The summed E-state index contributed by atoms with van der Waals surface area (Å²) >= 11 is 0. The van der Waals surface area contributed by atoms with Crippen molar-refractivity contribution < 1.29 is 9.53 Å². The molecule has 1 amide bonds. The summed E-state index contributed by atoms with van der Waals surface area (Å²) in [5, 5.41) is 8.80. The highest BCUT2D eigenvalue weighted by Crippen LogP contribution is 2.18. The van der Waals surface area contributed by atoms with Crippen molar-refractivity contribution in [2.45, 2.75) is 0 Å². The molecule has 154 valence electrons. The monoisotopic (exact) mass is 405 g/mol. The fourth-order valence-corrected chi connectivity index (χ4v) is 3.81. The summed E-state index contributed by atoms with van der Waals surface area (Å²) in [6.45, 7) is 5.76. The van der Waals surface area contributed by atoms with Gasteiger partial charge in [0.25, 0.3) is 5.91 Å². The van der Waals surface area contributed by atoms with Gasteiger partial charge in [-0.25, -0.2) is 4.98 Å². The van der Waals surface area contributed by atoms with Crippen LogP contribution >= 0.6 is 0 Å². The summed E-state index contributed by atoms with van der Waals surface area (Å²) in [7, 11) is 0. The molecule has 5 rings (SSSR count). The number of morpholine rings is 1. The molecule has 4 heterocycles. The fourth-order valence-electron chi connectivity index (χ4n) is 3.81. The highest BCUT2D eigenvalue weighted by Gasteiger charge is 2.24. The molecular formula is C21H23N7O2. The van der Waals surface area contributed by atoms with E-state index in [1.54, 1.807) is 6.20 Å². The largest absolute Gasteiger partial charge is 0.378 e. The van der Waals surface area contributed by atoms with E-state index in [0.29, 0.717) is 31.9 Å². The lowest BCUT2D eigenvalue weighted by Gasteiger charge is -2.35. The van der Waals surface area contributed by atoms with Gasteiger partial charge in [-0.1, -0.05) is 12.1 Å². The van der Waals surface area contributed by atoms with E-state index < -0.39 is 0 Å². The number of hydrogen-bond acceptors (Lipinski definition) is 8. The molecule has 0 aliphatic carbocycles. The Morgan fingerprint density at radius 2 is 1.43 bits per heavy atom. The predicted octanol–water partition coefficient (Wildman–Crippen LogP) is 1.22. The Hall–Kier alpha value is -3.33. The van der Waals surface area contributed by atoms with Crippen LogP contribution in [0.15, 0.2) is 42.6 Å². The smallest absolute Gasteiger partial charge is 0.274 e. The minimum absolute atomic E-state index is 0.0818. The minimum atomic E-state index is -0.0818. The van der Waals surface area contributed by atoms with E-state index in [1.165, 1.54) is 0 Å². The number of amides is 1. The summed E-state index contributed by atoms with van der Waals surface area (Å²) in [6.07, 6.45) is 1.56. The average molecular weight is 405 g/mol. The Bertz CT molecular complexity index is 1030. The van der Waals surface area contributed by atoms with Gasteiger partial charge in [0.1, 0.15) is 5.69 Å². The first-order chi connectivity index (χ1) is 14.8. The van der Waals surface area contributed by atoms with E-state index in [9.17, 15) is 4.79 Å². The Morgan fingerprint density at radius 1 is 0.800 bits per heavy atom. The lowest BCUT2D eigenvalue weighted by molar-refractivity contribution is 0.0740. The number of aromatic nitrogens is 4. The first-order valence-electron chi connectivity index (χ1n) is 10.2. The number of anilines is 2. The van der Waals surface area contributed by atoms with Gasteiger partial charge in [0, 0.05) is 39.3 Å². The highest BCUT2D eigenvalue weighted by atomic mass is 16.5. The van der Waals surface area contributed by atoms with Gasteiger partial charge in [-0.2, -0.15) is 0 Å². The van der Waals surface area contributed by atoms with Gasteiger partial charge in [0.15, 0.2) is 11.6 Å². The van der Waals surface area contributed by atoms with Crippen LogP contribution in [0.1, 0.15) is 10.5 Å². The molecule has 2 aliphatic rings. The van der Waals surface area contributed by atoms with E-state index >= 15 is 0 Å². The van der Waals surface area contributed by atoms with Crippen LogP contribution in [0.25, 0.3) is 11.0 Å². The summed E-state index contributed by atoms with van der Waals surface area (Å²) in [6, 6.07) is 11.6. The lowest BCUT2D eigenvalue weighted by Crippen LogP contribution is -2.49. The minimum Gasteiger partial charge on any atom is -0.378 e. The number of benzene rings is 1. The topological polar surface area (TPSA) is 87.6 Å². The standard InChI is InChI=1S/C21H23N7O2/c29-21(18-15-22-16-3-1-2-4-17(16)23-18)28-9-7-26(8-10-28)19-5-6-20(25-24-19)27-11-13-30-14-12-27/h1-6,15H,7-14H2. The molecule has 2 aromatic heterocycles. The lowest BCUT2D eigenvalue weighted by atomic mass is 10.2. The van der Waals surface area contributed by atoms with Crippen LogP contribution in [0, 0.1) is 0 Å². The fraction of sp³-hybridized carbons (Fsp3) is 0.381. The van der Waals surface area contributed by atoms with Gasteiger partial charge in [-0.05, 0) is 24.3 Å². The van der Waals surface area contributed by atoms with Crippen LogP contribution in [-0.4, -0.2) is 83.5 Å². The van der Waals surface area contributed by atoms with Crippen LogP contribution in [0.4, 0.5) is 11.6 Å². The Morgan fingerprint density at radius 3 is 2.10 bits per heavy atom. The zero-order valence-electron chi connectivity index (χ0n) is 16.6. The maximum Gasteiger partial charge on any atom is 0.274 e. The molecule has 30 heavy (non-hydrogen) atoms. The molecule has 2 fully saturated rings. The second-order valence-corrected chi connectivity index (χ2v) is 7.37. The molecule has 0 N–H and O–H groups in total. The van der Waals surface area contributed by atoms with E-state index in [0.717, 1.165) is 49.0 Å². The maximum atomic E-state index is 12.9. The third kappa shape index (κ3) is 3.76. The van der Waals surface area contributed by atoms with Crippen LogP contribution < -0.4 is 9.80 Å². The van der Waals surface area contributed by atoms with Crippen molar-refractivity contribution in [3.63, 3.8) is 0 Å². The third-order valence-corrected chi connectivity index (χ3v) is 5.53. The molecule has 0 bridgehead atoms. The van der Waals surface area contributed by atoms with Gasteiger partial charge in [-0.15, -0.1) is 10.2 Å². The van der Waals surface area contributed by atoms with E-state index in [2.05, 4.69) is 30.0 Å². The number of nitrogens with zero attached hydrogens (tertiary/aromatic N) is 7. The van der Waals surface area contributed by atoms with E-state index in [1.807, 2.05) is 41.3 Å². The summed E-state index contributed by atoms with van der Waals surface area (Å²) in [5.74, 6) is 1.64.